The molecule has 1 aliphatic heterocycles. The molecule has 2 amide bonds. The normalized spacial score (nSPS) is 23.3. The highest BCUT2D eigenvalue weighted by atomic mass is 32.2. The number of alkyl halides is 3. The Hall–Kier alpha value is -2.34. The van der Waals surface area contributed by atoms with Gasteiger partial charge in [-0.3, -0.25) is 9.69 Å². The molecule has 214 valence electrons. The lowest BCUT2D eigenvalue weighted by atomic mass is 9.96. The van der Waals surface area contributed by atoms with E-state index in [1.165, 1.54) is 16.3 Å². The standard InChI is InChI=1S/C26H38F3N3O5S/c1-16(2)13-22(31(6)24(34)37-25(3,4)5)23(33)30-21-12-7-17-14-32(15-20(17)21)38(35,36)19-10-8-18(9-11-19)26(27,28)29/h8-11,16-17,20-22H,7,12-15H2,1-6H3,(H,30,33)/t17-,20+,21+,22-/m0/s1. The first-order chi connectivity index (χ1) is 17.4. The molecule has 1 saturated carbocycles. The van der Waals surface area contributed by atoms with Crippen LogP contribution in [0.4, 0.5) is 18.0 Å². The number of fused-ring (bicyclic) bond motifs is 1. The topological polar surface area (TPSA) is 96.0 Å². The molecule has 3 rings (SSSR count). The van der Waals surface area contributed by atoms with E-state index in [2.05, 4.69) is 5.32 Å². The van der Waals surface area contributed by atoms with Crippen LogP contribution in [0.5, 0.6) is 0 Å². The molecule has 1 aromatic carbocycles. The number of carbonyl (C=O) groups is 2. The van der Waals surface area contributed by atoms with Crippen LogP contribution >= 0.6 is 0 Å². The van der Waals surface area contributed by atoms with Crippen LogP contribution in [0.25, 0.3) is 0 Å². The average Bonchev–Trinajstić information content (AvgIpc) is 3.37. The van der Waals surface area contributed by atoms with E-state index in [1.807, 2.05) is 13.8 Å². The molecule has 0 spiro atoms. The van der Waals surface area contributed by atoms with E-state index in [0.717, 1.165) is 24.3 Å². The van der Waals surface area contributed by atoms with Crippen molar-refractivity contribution in [3.8, 4) is 0 Å². The van der Waals surface area contributed by atoms with Gasteiger partial charge in [-0.05, 0) is 82.1 Å². The number of hydrogen-bond acceptors (Lipinski definition) is 5. The monoisotopic (exact) mass is 561 g/mol. The Morgan fingerprint density at radius 1 is 1.11 bits per heavy atom. The van der Waals surface area contributed by atoms with Gasteiger partial charge in [0, 0.05) is 26.2 Å². The summed E-state index contributed by atoms with van der Waals surface area (Å²) in [6, 6.07) is 2.47. The highest BCUT2D eigenvalue weighted by Crippen LogP contribution is 2.40. The number of amides is 2. The van der Waals surface area contributed by atoms with Gasteiger partial charge in [-0.15, -0.1) is 0 Å². The van der Waals surface area contributed by atoms with Crippen molar-refractivity contribution < 1.29 is 35.9 Å². The molecule has 0 unspecified atom stereocenters. The zero-order chi connectivity index (χ0) is 28.6. The van der Waals surface area contributed by atoms with Crippen molar-refractivity contribution in [2.24, 2.45) is 17.8 Å². The van der Waals surface area contributed by atoms with Gasteiger partial charge in [-0.25, -0.2) is 13.2 Å². The first-order valence-corrected chi connectivity index (χ1v) is 14.3. The third-order valence-corrected chi connectivity index (χ3v) is 8.96. The molecule has 0 bridgehead atoms. The van der Waals surface area contributed by atoms with E-state index in [-0.39, 0.29) is 47.7 Å². The summed E-state index contributed by atoms with van der Waals surface area (Å²) in [7, 11) is -2.45. The van der Waals surface area contributed by atoms with Crippen LogP contribution in [-0.4, -0.2) is 67.4 Å². The smallest absolute Gasteiger partial charge is 0.416 e. The van der Waals surface area contributed by atoms with Crippen LogP contribution in [-0.2, 0) is 25.7 Å². The van der Waals surface area contributed by atoms with Crippen molar-refractivity contribution in [1.82, 2.24) is 14.5 Å². The molecule has 1 aromatic rings. The predicted octanol–water partition coefficient (Wildman–Crippen LogP) is 4.50. The second kappa shape index (κ2) is 11.0. The molecule has 1 N–H and O–H groups in total. The molecule has 12 heteroatoms. The lowest BCUT2D eigenvalue weighted by Crippen LogP contribution is -2.52. The fourth-order valence-electron chi connectivity index (χ4n) is 5.19. The highest BCUT2D eigenvalue weighted by molar-refractivity contribution is 7.89. The summed E-state index contributed by atoms with van der Waals surface area (Å²) in [5.74, 6) is -0.295. The maximum absolute atomic E-state index is 13.4. The molecule has 1 heterocycles. The lowest BCUT2D eigenvalue weighted by molar-refractivity contribution is -0.137. The van der Waals surface area contributed by atoms with E-state index < -0.39 is 39.5 Å². The summed E-state index contributed by atoms with van der Waals surface area (Å²) in [6.07, 6.45) is -3.33. The molecular formula is C26H38F3N3O5S. The molecule has 0 aromatic heterocycles. The average molecular weight is 562 g/mol. The van der Waals surface area contributed by atoms with Gasteiger partial charge in [-0.1, -0.05) is 13.8 Å². The minimum absolute atomic E-state index is 0.0247. The molecular weight excluding hydrogens is 523 g/mol. The SMILES string of the molecule is CC(C)C[C@@H](C(=O)N[C@@H]1CC[C@H]2CN(S(=O)(=O)c3ccc(C(F)(F)F)cc3)C[C@H]21)N(C)C(=O)OC(C)(C)C. The van der Waals surface area contributed by atoms with E-state index in [4.69, 9.17) is 4.74 Å². The molecule has 4 atom stereocenters. The first kappa shape index (κ1) is 30.2. The summed E-state index contributed by atoms with van der Waals surface area (Å²) >= 11 is 0. The Balaban J connectivity index is 1.70. The van der Waals surface area contributed by atoms with Crippen LogP contribution in [0.1, 0.15) is 59.4 Å². The van der Waals surface area contributed by atoms with Crippen LogP contribution in [0, 0.1) is 17.8 Å². The summed E-state index contributed by atoms with van der Waals surface area (Å²) in [6.45, 7) is 9.56. The molecule has 8 nitrogen and oxygen atoms in total. The number of ether oxygens (including phenoxy) is 1. The van der Waals surface area contributed by atoms with Crippen LogP contribution in [0.2, 0.25) is 0 Å². The van der Waals surface area contributed by atoms with Crippen LogP contribution in [0.3, 0.4) is 0 Å². The van der Waals surface area contributed by atoms with Crippen molar-refractivity contribution in [2.45, 2.75) is 82.6 Å². The molecule has 2 fully saturated rings. The number of hydrogen-bond donors (Lipinski definition) is 1. The molecule has 1 aliphatic carbocycles. The molecule has 38 heavy (non-hydrogen) atoms. The van der Waals surface area contributed by atoms with Crippen molar-refractivity contribution >= 4 is 22.0 Å². The Labute approximate surface area is 222 Å². The number of likely N-dealkylation sites (N-methyl/N-ethyl adjacent to an activating group) is 1. The van der Waals surface area contributed by atoms with E-state index >= 15 is 0 Å². The van der Waals surface area contributed by atoms with Gasteiger partial charge in [-0.2, -0.15) is 17.5 Å². The zero-order valence-corrected chi connectivity index (χ0v) is 23.5. The summed E-state index contributed by atoms with van der Waals surface area (Å²) in [4.78, 5) is 27.1. The number of carbonyl (C=O) groups excluding carboxylic acids is 2. The van der Waals surface area contributed by atoms with Gasteiger partial charge in [0.15, 0.2) is 0 Å². The van der Waals surface area contributed by atoms with E-state index in [0.29, 0.717) is 19.3 Å². The third-order valence-electron chi connectivity index (χ3n) is 7.12. The maximum Gasteiger partial charge on any atom is 0.416 e. The number of sulfonamides is 1. The van der Waals surface area contributed by atoms with E-state index in [1.54, 1.807) is 20.8 Å². The van der Waals surface area contributed by atoms with Crippen molar-refractivity contribution in [3.63, 3.8) is 0 Å². The molecule has 1 saturated heterocycles. The Kier molecular flexibility index (Phi) is 8.77. The fourth-order valence-corrected chi connectivity index (χ4v) is 6.73. The Morgan fingerprint density at radius 2 is 1.71 bits per heavy atom. The first-order valence-electron chi connectivity index (χ1n) is 12.8. The highest BCUT2D eigenvalue weighted by Gasteiger charge is 2.47. The Morgan fingerprint density at radius 3 is 2.24 bits per heavy atom. The van der Waals surface area contributed by atoms with Crippen LogP contribution < -0.4 is 5.32 Å². The number of halogens is 3. The second-order valence-electron chi connectivity index (χ2n) is 11.7. The zero-order valence-electron chi connectivity index (χ0n) is 22.7. The van der Waals surface area contributed by atoms with Gasteiger partial charge in [0.1, 0.15) is 11.6 Å². The number of nitrogens with zero attached hydrogens (tertiary/aromatic N) is 2. The summed E-state index contributed by atoms with van der Waals surface area (Å²) < 4.78 is 71.7. The quantitative estimate of drug-likeness (QED) is 0.529. The summed E-state index contributed by atoms with van der Waals surface area (Å²) in [5.41, 5.74) is -1.63. The minimum atomic E-state index is -4.55. The van der Waals surface area contributed by atoms with Crippen molar-refractivity contribution in [1.29, 1.82) is 0 Å². The largest absolute Gasteiger partial charge is 0.444 e. The maximum atomic E-state index is 13.4. The number of benzene rings is 1. The van der Waals surface area contributed by atoms with Crippen LogP contribution in [0.15, 0.2) is 29.2 Å². The molecule has 0 radical (unpaired) electrons. The van der Waals surface area contributed by atoms with Gasteiger partial charge < -0.3 is 10.1 Å². The third kappa shape index (κ3) is 6.99. The van der Waals surface area contributed by atoms with E-state index in [9.17, 15) is 31.2 Å². The lowest BCUT2D eigenvalue weighted by Gasteiger charge is -2.32. The van der Waals surface area contributed by atoms with Crippen molar-refractivity contribution in [2.75, 3.05) is 20.1 Å². The number of rotatable bonds is 7. The second-order valence-corrected chi connectivity index (χ2v) is 13.6. The summed E-state index contributed by atoms with van der Waals surface area (Å²) in [5, 5.41) is 3.06. The van der Waals surface area contributed by atoms with Gasteiger partial charge >= 0.3 is 12.3 Å². The molecule has 2 aliphatic rings. The van der Waals surface area contributed by atoms with Crippen molar-refractivity contribution in [3.05, 3.63) is 29.8 Å². The predicted molar refractivity (Wildman–Crippen MR) is 136 cm³/mol. The minimum Gasteiger partial charge on any atom is -0.444 e. The fraction of sp³-hybridized carbons (Fsp3) is 0.692. The van der Waals surface area contributed by atoms with Gasteiger partial charge in [0.05, 0.1) is 10.5 Å². The van der Waals surface area contributed by atoms with Gasteiger partial charge in [0.25, 0.3) is 0 Å². The van der Waals surface area contributed by atoms with Gasteiger partial charge in [0.2, 0.25) is 15.9 Å². The number of nitrogens with one attached hydrogen (secondary N) is 1. The Bertz CT molecular complexity index is 1120.